The molecule has 1 saturated heterocycles. The number of carboxylic acids is 1. The zero-order valence-corrected chi connectivity index (χ0v) is 18.9. The summed E-state index contributed by atoms with van der Waals surface area (Å²) in [5.41, 5.74) is 4.61. The van der Waals surface area contributed by atoms with Gasteiger partial charge < -0.3 is 29.5 Å². The van der Waals surface area contributed by atoms with Crippen LogP contribution in [0.2, 0.25) is 0 Å². The number of carbonyl (C=O) groups is 3. The molecule has 0 bridgehead atoms. The average molecular weight is 469 g/mol. The summed E-state index contributed by atoms with van der Waals surface area (Å²) in [6.07, 6.45) is -1.25. The summed E-state index contributed by atoms with van der Waals surface area (Å²) < 4.78 is 15.9. The van der Waals surface area contributed by atoms with Crippen molar-refractivity contribution in [2.45, 2.75) is 24.5 Å². The number of aliphatic carboxylic acids is 1. The first-order valence-corrected chi connectivity index (χ1v) is 11.2. The fourth-order valence-electron chi connectivity index (χ4n) is 4.41. The molecule has 2 aliphatic rings. The molecule has 1 aliphatic heterocycles. The maximum absolute atomic E-state index is 12.5. The molecule has 1 unspecified atom stereocenters. The van der Waals surface area contributed by atoms with Gasteiger partial charge in [0.05, 0.1) is 6.10 Å². The molecule has 2 aromatic carbocycles. The smallest absolute Gasteiger partial charge is 0.407 e. The second kappa shape index (κ2) is 10.7. The monoisotopic (exact) mass is 468 g/mol. The third-order valence-corrected chi connectivity index (χ3v) is 6.18. The second-order valence-corrected chi connectivity index (χ2v) is 8.34. The van der Waals surface area contributed by atoms with E-state index in [-0.39, 0.29) is 44.1 Å². The number of alkyl carbamates (subject to hydrolysis) is 1. The minimum atomic E-state index is -1.04. The zero-order valence-electron chi connectivity index (χ0n) is 18.9. The molecule has 34 heavy (non-hydrogen) atoms. The van der Waals surface area contributed by atoms with E-state index in [1.54, 1.807) is 4.90 Å². The number of hydrogen-bond acceptors (Lipinski definition) is 6. The number of nitrogens with zero attached hydrogens (tertiary/aromatic N) is 1. The topological polar surface area (TPSA) is 114 Å². The van der Waals surface area contributed by atoms with E-state index >= 15 is 0 Å². The molecule has 2 N–H and O–H groups in total. The van der Waals surface area contributed by atoms with Crippen molar-refractivity contribution in [3.05, 3.63) is 59.7 Å². The van der Waals surface area contributed by atoms with Gasteiger partial charge in [0.15, 0.2) is 0 Å². The van der Waals surface area contributed by atoms with Crippen LogP contribution < -0.4 is 5.32 Å². The molecular formula is C25H28N2O7. The van der Waals surface area contributed by atoms with Gasteiger partial charge in [-0.3, -0.25) is 4.79 Å². The Morgan fingerprint density at radius 3 is 2.26 bits per heavy atom. The van der Waals surface area contributed by atoms with Gasteiger partial charge >= 0.3 is 12.1 Å². The number of amides is 2. The van der Waals surface area contributed by atoms with Crippen LogP contribution in [0.5, 0.6) is 0 Å². The molecule has 1 heterocycles. The maximum Gasteiger partial charge on any atom is 0.407 e. The lowest BCUT2D eigenvalue weighted by molar-refractivity contribution is -0.160. The maximum atomic E-state index is 12.5. The van der Waals surface area contributed by atoms with Gasteiger partial charge in [0.1, 0.15) is 19.3 Å². The highest BCUT2D eigenvalue weighted by Crippen LogP contribution is 2.44. The molecule has 9 heteroatoms. The lowest BCUT2D eigenvalue weighted by Crippen LogP contribution is -2.58. The number of methoxy groups -OCH3 is 1. The van der Waals surface area contributed by atoms with E-state index in [0.29, 0.717) is 13.1 Å². The standard InChI is InChI=1S/C25H28N2O7/c1-32-22(24(30)27-12-16(13-27)33-15-23(28)29)10-11-26-25(31)34-14-21-19-8-4-2-6-17(19)18-7-3-5-9-20(18)21/h2-9,16,21-22H,10-15H2,1H3,(H,26,31)(H,28,29). The Morgan fingerprint density at radius 1 is 1.06 bits per heavy atom. The minimum absolute atomic E-state index is 0.0193. The van der Waals surface area contributed by atoms with Gasteiger partial charge in [-0.25, -0.2) is 9.59 Å². The van der Waals surface area contributed by atoms with E-state index in [1.807, 2.05) is 24.3 Å². The van der Waals surface area contributed by atoms with Crippen LogP contribution in [0.25, 0.3) is 11.1 Å². The lowest BCUT2D eigenvalue weighted by atomic mass is 9.98. The van der Waals surface area contributed by atoms with Crippen LogP contribution >= 0.6 is 0 Å². The number of fused-ring (bicyclic) bond motifs is 3. The number of carboxylic acid groups (broad SMARTS) is 1. The summed E-state index contributed by atoms with van der Waals surface area (Å²) in [5, 5.41) is 11.3. The fourth-order valence-corrected chi connectivity index (χ4v) is 4.41. The Hall–Kier alpha value is -3.43. The third-order valence-electron chi connectivity index (χ3n) is 6.18. The zero-order chi connectivity index (χ0) is 24.1. The molecule has 2 amide bonds. The molecule has 1 fully saturated rings. The van der Waals surface area contributed by atoms with E-state index in [1.165, 1.54) is 7.11 Å². The van der Waals surface area contributed by atoms with Crippen molar-refractivity contribution < 1.29 is 33.7 Å². The van der Waals surface area contributed by atoms with Gasteiger partial charge in [-0.2, -0.15) is 0 Å². The number of likely N-dealkylation sites (tertiary alicyclic amines) is 1. The molecule has 180 valence electrons. The van der Waals surface area contributed by atoms with Crippen molar-refractivity contribution in [2.75, 3.05) is 40.0 Å². The summed E-state index contributed by atoms with van der Waals surface area (Å²) in [4.78, 5) is 36.9. The molecule has 1 atom stereocenters. The van der Waals surface area contributed by atoms with Gasteiger partial charge in [-0.05, 0) is 22.3 Å². The number of benzene rings is 2. The fraction of sp³-hybridized carbons (Fsp3) is 0.400. The van der Waals surface area contributed by atoms with Gasteiger partial charge in [0.25, 0.3) is 5.91 Å². The molecule has 0 radical (unpaired) electrons. The second-order valence-electron chi connectivity index (χ2n) is 8.34. The van der Waals surface area contributed by atoms with Gasteiger partial charge in [-0.1, -0.05) is 48.5 Å². The van der Waals surface area contributed by atoms with Gasteiger partial charge in [0.2, 0.25) is 0 Å². The van der Waals surface area contributed by atoms with Crippen molar-refractivity contribution in [2.24, 2.45) is 0 Å². The summed E-state index contributed by atoms with van der Waals surface area (Å²) >= 11 is 0. The van der Waals surface area contributed by atoms with E-state index in [4.69, 9.17) is 19.3 Å². The first-order chi connectivity index (χ1) is 16.5. The Kier molecular flexibility index (Phi) is 7.44. The van der Waals surface area contributed by atoms with E-state index in [9.17, 15) is 14.4 Å². The van der Waals surface area contributed by atoms with Crippen molar-refractivity contribution in [3.8, 4) is 11.1 Å². The van der Waals surface area contributed by atoms with Gasteiger partial charge in [0, 0.05) is 39.1 Å². The van der Waals surface area contributed by atoms with Crippen molar-refractivity contribution >= 4 is 18.0 Å². The molecule has 2 aromatic rings. The lowest BCUT2D eigenvalue weighted by Gasteiger charge is -2.40. The van der Waals surface area contributed by atoms with Crippen LogP contribution in [0.3, 0.4) is 0 Å². The van der Waals surface area contributed by atoms with E-state index < -0.39 is 18.2 Å². The van der Waals surface area contributed by atoms with Crippen LogP contribution in [-0.4, -0.2) is 80.1 Å². The number of rotatable bonds is 10. The Bertz CT molecular complexity index is 1010. The first kappa shape index (κ1) is 23.7. The van der Waals surface area contributed by atoms with Gasteiger partial charge in [-0.15, -0.1) is 0 Å². The number of ether oxygens (including phenoxy) is 3. The first-order valence-electron chi connectivity index (χ1n) is 11.2. The number of nitrogens with one attached hydrogen (secondary N) is 1. The minimum Gasteiger partial charge on any atom is -0.480 e. The van der Waals surface area contributed by atoms with Crippen LogP contribution in [0, 0.1) is 0 Å². The highest BCUT2D eigenvalue weighted by molar-refractivity contribution is 5.82. The number of hydrogen-bond donors (Lipinski definition) is 2. The quantitative estimate of drug-likeness (QED) is 0.550. The van der Waals surface area contributed by atoms with E-state index in [0.717, 1.165) is 22.3 Å². The van der Waals surface area contributed by atoms with E-state index in [2.05, 4.69) is 29.6 Å². The number of carbonyl (C=O) groups excluding carboxylic acids is 2. The Morgan fingerprint density at radius 2 is 1.68 bits per heavy atom. The third kappa shape index (κ3) is 5.21. The molecular weight excluding hydrogens is 440 g/mol. The molecule has 0 saturated carbocycles. The Balaban J connectivity index is 1.21. The highest BCUT2D eigenvalue weighted by atomic mass is 16.5. The largest absolute Gasteiger partial charge is 0.480 e. The average Bonchev–Trinajstić information content (AvgIpc) is 3.13. The molecule has 9 nitrogen and oxygen atoms in total. The summed E-state index contributed by atoms with van der Waals surface area (Å²) in [7, 11) is 1.44. The summed E-state index contributed by atoms with van der Waals surface area (Å²) in [5.74, 6) is -1.28. The molecule has 4 rings (SSSR count). The van der Waals surface area contributed by atoms with Crippen molar-refractivity contribution in [3.63, 3.8) is 0 Å². The predicted octanol–water partition coefficient (Wildman–Crippen LogP) is 2.24. The highest BCUT2D eigenvalue weighted by Gasteiger charge is 2.35. The Labute approximate surface area is 197 Å². The van der Waals surface area contributed by atoms with Crippen LogP contribution in [0.15, 0.2) is 48.5 Å². The van der Waals surface area contributed by atoms with Crippen LogP contribution in [0.4, 0.5) is 4.79 Å². The van der Waals surface area contributed by atoms with Crippen molar-refractivity contribution in [1.29, 1.82) is 0 Å². The predicted molar refractivity (Wildman–Crippen MR) is 122 cm³/mol. The molecule has 0 spiro atoms. The van der Waals surface area contributed by atoms with Crippen LogP contribution in [0.1, 0.15) is 23.5 Å². The van der Waals surface area contributed by atoms with Crippen LogP contribution in [-0.2, 0) is 23.8 Å². The SMILES string of the molecule is COC(CCNC(=O)OCC1c2ccccc2-c2ccccc21)C(=O)N1CC(OCC(=O)O)C1. The van der Waals surface area contributed by atoms with Crippen molar-refractivity contribution in [1.82, 2.24) is 10.2 Å². The summed E-state index contributed by atoms with van der Waals surface area (Å²) in [6, 6.07) is 16.2. The molecule has 1 aliphatic carbocycles. The summed E-state index contributed by atoms with van der Waals surface area (Å²) in [6.45, 7) is 0.702. The molecule has 0 aromatic heterocycles. The normalized spacial score (nSPS) is 15.7.